The number of carbonyl (C=O) groups excluding carboxylic acids is 1. The summed E-state index contributed by atoms with van der Waals surface area (Å²) in [4.78, 5) is 20.1. The number of ether oxygens (including phenoxy) is 1. The Hall–Kier alpha value is -3.67. The van der Waals surface area contributed by atoms with Gasteiger partial charge in [0.25, 0.3) is 5.91 Å². The number of nitrogens with zero attached hydrogens (tertiary/aromatic N) is 1. The number of amides is 1. The molecule has 144 valence electrons. The number of H-pyrrole nitrogens is 1. The van der Waals surface area contributed by atoms with E-state index in [0.29, 0.717) is 16.9 Å². The first-order valence-corrected chi connectivity index (χ1v) is 9.40. The first-order chi connectivity index (χ1) is 14.2. The number of nitrogens with one attached hydrogen (secondary N) is 2. The molecule has 0 saturated heterocycles. The maximum absolute atomic E-state index is 14.5. The number of aromatic nitrogens is 2. The molecule has 3 heterocycles. The lowest BCUT2D eigenvalue weighted by molar-refractivity contribution is 0.0846. The zero-order valence-corrected chi connectivity index (χ0v) is 15.4. The van der Waals surface area contributed by atoms with Gasteiger partial charge in [-0.2, -0.15) is 0 Å². The predicted octanol–water partition coefficient (Wildman–Crippen LogP) is 4.43. The molecule has 4 aromatic rings. The standard InChI is InChI=1S/C23H18FN3O2/c24-19-13-29-20-4-2-1-3-18(20)21(19)27-23(28)15-7-5-14(6-8-15)16-9-11-25-22-17(16)10-12-26-22/h1-12,19,21H,13H2,(H,25,26)(H,27,28)/t19-,21-/m1/s1. The maximum atomic E-state index is 14.5. The average molecular weight is 387 g/mol. The molecule has 0 saturated carbocycles. The van der Waals surface area contributed by atoms with E-state index in [0.717, 1.165) is 22.2 Å². The van der Waals surface area contributed by atoms with Crippen LogP contribution >= 0.6 is 0 Å². The Bertz CT molecular complexity index is 1190. The molecule has 5 rings (SSSR count). The Kier molecular flexibility index (Phi) is 4.24. The summed E-state index contributed by atoms with van der Waals surface area (Å²) in [7, 11) is 0. The summed E-state index contributed by atoms with van der Waals surface area (Å²) in [5, 5.41) is 3.83. The fraction of sp³-hybridized carbons (Fsp3) is 0.130. The van der Waals surface area contributed by atoms with Gasteiger partial charge in [-0.3, -0.25) is 4.79 Å². The normalized spacial score (nSPS) is 18.1. The highest BCUT2D eigenvalue weighted by Gasteiger charge is 2.32. The van der Waals surface area contributed by atoms with Gasteiger partial charge in [0.2, 0.25) is 0 Å². The molecule has 29 heavy (non-hydrogen) atoms. The van der Waals surface area contributed by atoms with E-state index in [-0.39, 0.29) is 12.5 Å². The van der Waals surface area contributed by atoms with E-state index in [1.165, 1.54) is 0 Å². The van der Waals surface area contributed by atoms with E-state index < -0.39 is 12.2 Å². The molecule has 0 unspecified atom stereocenters. The Labute approximate surface area is 166 Å². The summed E-state index contributed by atoms with van der Waals surface area (Å²) in [5.41, 5.74) is 3.96. The van der Waals surface area contributed by atoms with E-state index in [2.05, 4.69) is 15.3 Å². The highest BCUT2D eigenvalue weighted by atomic mass is 19.1. The lowest BCUT2D eigenvalue weighted by Gasteiger charge is -2.29. The Balaban J connectivity index is 1.40. The number of aromatic amines is 1. The third kappa shape index (κ3) is 3.12. The van der Waals surface area contributed by atoms with E-state index in [1.807, 2.05) is 42.6 Å². The molecule has 2 aromatic heterocycles. The van der Waals surface area contributed by atoms with Crippen molar-refractivity contribution < 1.29 is 13.9 Å². The van der Waals surface area contributed by atoms with Gasteiger partial charge in [0, 0.05) is 28.9 Å². The zero-order valence-electron chi connectivity index (χ0n) is 15.4. The van der Waals surface area contributed by atoms with Crippen LogP contribution in [0.4, 0.5) is 4.39 Å². The van der Waals surface area contributed by atoms with Gasteiger partial charge in [0.15, 0.2) is 6.17 Å². The van der Waals surface area contributed by atoms with Crippen LogP contribution in [-0.2, 0) is 0 Å². The number of alkyl halides is 1. The summed E-state index contributed by atoms with van der Waals surface area (Å²) in [5.74, 6) is 0.290. The summed E-state index contributed by atoms with van der Waals surface area (Å²) < 4.78 is 19.9. The molecule has 1 amide bonds. The first kappa shape index (κ1) is 17.4. The molecule has 0 aliphatic carbocycles. The van der Waals surface area contributed by atoms with E-state index in [9.17, 15) is 9.18 Å². The minimum absolute atomic E-state index is 0.0738. The second-order valence-electron chi connectivity index (χ2n) is 6.99. The minimum Gasteiger partial charge on any atom is -0.490 e. The smallest absolute Gasteiger partial charge is 0.251 e. The predicted molar refractivity (Wildman–Crippen MR) is 109 cm³/mol. The van der Waals surface area contributed by atoms with Gasteiger partial charge in [-0.15, -0.1) is 0 Å². The average Bonchev–Trinajstić information content (AvgIpc) is 3.25. The summed E-state index contributed by atoms with van der Waals surface area (Å²) in [6.07, 6.45) is 2.30. The van der Waals surface area contributed by atoms with Crippen molar-refractivity contribution in [2.24, 2.45) is 0 Å². The monoisotopic (exact) mass is 387 g/mol. The van der Waals surface area contributed by atoms with Crippen LogP contribution in [-0.4, -0.2) is 28.7 Å². The number of fused-ring (bicyclic) bond motifs is 2. The quantitative estimate of drug-likeness (QED) is 0.546. The van der Waals surface area contributed by atoms with Crippen molar-refractivity contribution in [1.29, 1.82) is 0 Å². The topological polar surface area (TPSA) is 67.0 Å². The van der Waals surface area contributed by atoms with Crippen molar-refractivity contribution in [3.63, 3.8) is 0 Å². The Morgan fingerprint density at radius 2 is 1.93 bits per heavy atom. The number of benzene rings is 2. The van der Waals surface area contributed by atoms with Crippen molar-refractivity contribution >= 4 is 16.9 Å². The molecule has 0 radical (unpaired) electrons. The lowest BCUT2D eigenvalue weighted by Crippen LogP contribution is -2.39. The van der Waals surface area contributed by atoms with Gasteiger partial charge in [0.1, 0.15) is 18.0 Å². The fourth-order valence-electron chi connectivity index (χ4n) is 3.74. The third-order valence-electron chi connectivity index (χ3n) is 5.22. The molecule has 2 aromatic carbocycles. The van der Waals surface area contributed by atoms with Crippen LogP contribution in [0.3, 0.4) is 0 Å². The van der Waals surface area contributed by atoms with Gasteiger partial charge >= 0.3 is 0 Å². The van der Waals surface area contributed by atoms with Crippen LogP contribution in [0, 0.1) is 0 Å². The molecule has 0 fully saturated rings. The van der Waals surface area contributed by atoms with Crippen LogP contribution in [0.25, 0.3) is 22.2 Å². The zero-order chi connectivity index (χ0) is 19.8. The number of para-hydroxylation sites is 1. The Morgan fingerprint density at radius 1 is 1.10 bits per heavy atom. The van der Waals surface area contributed by atoms with E-state index >= 15 is 0 Å². The molecular formula is C23H18FN3O2. The molecule has 2 N–H and O–H groups in total. The first-order valence-electron chi connectivity index (χ1n) is 9.40. The van der Waals surface area contributed by atoms with Gasteiger partial charge in [0.05, 0.1) is 6.04 Å². The van der Waals surface area contributed by atoms with Crippen LogP contribution in [0.2, 0.25) is 0 Å². The Morgan fingerprint density at radius 3 is 2.79 bits per heavy atom. The molecule has 0 spiro atoms. The van der Waals surface area contributed by atoms with E-state index in [1.54, 1.807) is 30.5 Å². The summed E-state index contributed by atoms with van der Waals surface area (Å²) in [6.45, 7) is -0.0738. The van der Waals surface area contributed by atoms with Crippen molar-refractivity contribution in [2.45, 2.75) is 12.2 Å². The fourth-order valence-corrected chi connectivity index (χ4v) is 3.74. The number of hydrogen-bond acceptors (Lipinski definition) is 3. The van der Waals surface area contributed by atoms with Gasteiger partial charge in [-0.25, -0.2) is 9.37 Å². The van der Waals surface area contributed by atoms with Crippen molar-refractivity contribution in [3.8, 4) is 16.9 Å². The molecule has 6 heteroatoms. The molecule has 0 bridgehead atoms. The number of rotatable bonds is 3. The van der Waals surface area contributed by atoms with E-state index in [4.69, 9.17) is 4.74 Å². The van der Waals surface area contributed by atoms with Crippen LogP contribution in [0.5, 0.6) is 5.75 Å². The highest BCUT2D eigenvalue weighted by Crippen LogP contribution is 2.33. The van der Waals surface area contributed by atoms with Gasteiger partial charge in [-0.1, -0.05) is 30.3 Å². The summed E-state index contributed by atoms with van der Waals surface area (Å²) >= 11 is 0. The SMILES string of the molecule is O=C(N[C@@H]1c2ccccc2OC[C@H]1F)c1ccc(-c2ccnc3[nH]ccc23)cc1. The number of pyridine rings is 1. The molecular weight excluding hydrogens is 369 g/mol. The largest absolute Gasteiger partial charge is 0.490 e. The lowest BCUT2D eigenvalue weighted by atomic mass is 9.98. The molecule has 1 aliphatic rings. The van der Waals surface area contributed by atoms with Crippen LogP contribution < -0.4 is 10.1 Å². The number of carbonyl (C=O) groups is 1. The van der Waals surface area contributed by atoms with Crippen LogP contribution in [0.15, 0.2) is 73.1 Å². The minimum atomic E-state index is -1.30. The number of halogens is 1. The van der Waals surface area contributed by atoms with Gasteiger partial charge in [-0.05, 0) is 41.5 Å². The van der Waals surface area contributed by atoms with Crippen molar-refractivity contribution in [2.75, 3.05) is 6.61 Å². The van der Waals surface area contributed by atoms with Crippen LogP contribution in [0.1, 0.15) is 22.0 Å². The summed E-state index contributed by atoms with van der Waals surface area (Å²) in [6, 6.07) is 17.7. The van der Waals surface area contributed by atoms with Crippen molar-refractivity contribution in [1.82, 2.24) is 15.3 Å². The second-order valence-corrected chi connectivity index (χ2v) is 6.99. The van der Waals surface area contributed by atoms with Gasteiger partial charge < -0.3 is 15.0 Å². The third-order valence-corrected chi connectivity index (χ3v) is 5.22. The maximum Gasteiger partial charge on any atom is 0.251 e. The molecule has 2 atom stereocenters. The molecule has 5 nitrogen and oxygen atoms in total. The number of hydrogen-bond donors (Lipinski definition) is 2. The van der Waals surface area contributed by atoms with Crippen molar-refractivity contribution in [3.05, 3.63) is 84.2 Å². The second kappa shape index (κ2) is 7.05. The molecule has 1 aliphatic heterocycles. The highest BCUT2D eigenvalue weighted by molar-refractivity contribution is 5.97.